The second-order valence-corrected chi connectivity index (χ2v) is 6.85. The normalized spacial score (nSPS) is 11.0. The minimum Gasteiger partial charge on any atom is -0.395 e. The minimum atomic E-state index is -0.203. The van der Waals surface area contributed by atoms with Gasteiger partial charge in [0.25, 0.3) is 5.56 Å². The zero-order valence-corrected chi connectivity index (χ0v) is 14.7. The van der Waals surface area contributed by atoms with Crippen molar-refractivity contribution in [2.75, 3.05) is 13.2 Å². The molecule has 1 amide bonds. The Kier molecular flexibility index (Phi) is 5.25. The van der Waals surface area contributed by atoms with Crippen LogP contribution in [-0.2, 0) is 11.3 Å². The van der Waals surface area contributed by atoms with E-state index in [1.165, 1.54) is 22.2 Å². The van der Waals surface area contributed by atoms with E-state index in [2.05, 4.69) is 10.3 Å². The Morgan fingerprint density at radius 2 is 2.08 bits per heavy atom. The van der Waals surface area contributed by atoms with Gasteiger partial charge in [-0.1, -0.05) is 30.3 Å². The molecule has 0 atom stereocenters. The highest BCUT2D eigenvalue weighted by Gasteiger charge is 2.16. The van der Waals surface area contributed by atoms with Crippen LogP contribution in [0.4, 0.5) is 0 Å². The quantitative estimate of drug-likeness (QED) is 0.706. The summed E-state index contributed by atoms with van der Waals surface area (Å²) in [5.74, 6) is -0.203. The molecule has 0 bridgehead atoms. The number of aliphatic hydroxyl groups is 1. The van der Waals surface area contributed by atoms with Crippen LogP contribution in [0.5, 0.6) is 0 Å². The van der Waals surface area contributed by atoms with Crippen molar-refractivity contribution in [2.24, 2.45) is 0 Å². The Balaban J connectivity index is 1.97. The smallest absolute Gasteiger partial charge is 0.262 e. The van der Waals surface area contributed by atoms with Crippen LogP contribution in [0.2, 0.25) is 0 Å². The third-order valence-electron chi connectivity index (χ3n) is 3.93. The number of thiophene rings is 1. The average molecular weight is 357 g/mol. The molecule has 25 heavy (non-hydrogen) atoms. The van der Waals surface area contributed by atoms with E-state index in [-0.39, 0.29) is 37.6 Å². The van der Waals surface area contributed by atoms with Crippen molar-refractivity contribution in [1.29, 1.82) is 0 Å². The summed E-state index contributed by atoms with van der Waals surface area (Å²) in [6.07, 6.45) is 1.66. The van der Waals surface area contributed by atoms with Gasteiger partial charge in [0.05, 0.1) is 18.3 Å². The summed E-state index contributed by atoms with van der Waals surface area (Å²) in [7, 11) is 0. The molecule has 2 aromatic heterocycles. The van der Waals surface area contributed by atoms with Crippen LogP contribution < -0.4 is 10.9 Å². The molecule has 7 heteroatoms. The summed E-state index contributed by atoms with van der Waals surface area (Å²) < 4.78 is 1.47. The molecule has 0 saturated heterocycles. The molecule has 2 heterocycles. The third-order valence-corrected chi connectivity index (χ3v) is 4.94. The summed E-state index contributed by atoms with van der Waals surface area (Å²) in [5.41, 5.74) is 1.77. The van der Waals surface area contributed by atoms with Gasteiger partial charge >= 0.3 is 0 Å². The van der Waals surface area contributed by atoms with Crippen LogP contribution in [0.15, 0.2) is 41.5 Å². The maximum Gasteiger partial charge on any atom is 0.262 e. The van der Waals surface area contributed by atoms with Gasteiger partial charge in [0.1, 0.15) is 4.83 Å². The van der Waals surface area contributed by atoms with E-state index in [0.717, 1.165) is 16.0 Å². The first-order valence-electron chi connectivity index (χ1n) is 8.03. The molecule has 0 aliphatic carbocycles. The van der Waals surface area contributed by atoms with E-state index in [0.29, 0.717) is 10.2 Å². The molecule has 2 N–H and O–H groups in total. The Morgan fingerprint density at radius 1 is 1.32 bits per heavy atom. The second-order valence-electron chi connectivity index (χ2n) is 5.65. The molecule has 0 spiro atoms. The van der Waals surface area contributed by atoms with Gasteiger partial charge < -0.3 is 10.4 Å². The molecule has 0 unspecified atom stereocenters. The number of benzene rings is 1. The Morgan fingerprint density at radius 3 is 2.80 bits per heavy atom. The predicted molar refractivity (Wildman–Crippen MR) is 98.8 cm³/mol. The molecule has 130 valence electrons. The highest BCUT2D eigenvalue weighted by atomic mass is 32.1. The van der Waals surface area contributed by atoms with Crippen molar-refractivity contribution in [1.82, 2.24) is 14.9 Å². The fraction of sp³-hybridized carbons (Fsp3) is 0.278. The third kappa shape index (κ3) is 3.62. The van der Waals surface area contributed by atoms with Crippen LogP contribution in [0.25, 0.3) is 21.3 Å². The van der Waals surface area contributed by atoms with Crippen molar-refractivity contribution in [3.8, 4) is 11.1 Å². The van der Waals surface area contributed by atoms with Crippen molar-refractivity contribution in [2.45, 2.75) is 19.9 Å². The van der Waals surface area contributed by atoms with E-state index in [4.69, 9.17) is 5.11 Å². The van der Waals surface area contributed by atoms with Gasteiger partial charge in [-0.2, -0.15) is 0 Å². The van der Waals surface area contributed by atoms with Gasteiger partial charge in [-0.05, 0) is 12.5 Å². The van der Waals surface area contributed by atoms with E-state index < -0.39 is 0 Å². The lowest BCUT2D eigenvalue weighted by molar-refractivity contribution is -0.121. The van der Waals surface area contributed by atoms with Crippen molar-refractivity contribution in [3.05, 3.63) is 51.9 Å². The fourth-order valence-corrected chi connectivity index (χ4v) is 3.76. The molecular weight excluding hydrogens is 338 g/mol. The number of aromatic nitrogens is 2. The molecule has 0 fully saturated rings. The van der Waals surface area contributed by atoms with Crippen molar-refractivity contribution < 1.29 is 9.90 Å². The first-order valence-corrected chi connectivity index (χ1v) is 8.85. The maximum atomic E-state index is 12.9. The molecule has 3 rings (SSSR count). The minimum absolute atomic E-state index is 0.103. The Bertz CT molecular complexity index is 947. The highest BCUT2D eigenvalue weighted by molar-refractivity contribution is 7.19. The number of hydrogen-bond acceptors (Lipinski definition) is 5. The number of rotatable bonds is 6. The molecule has 3 aromatic rings. The molecule has 0 saturated carbocycles. The lowest BCUT2D eigenvalue weighted by atomic mass is 10.0. The Hall–Kier alpha value is -2.51. The molecule has 6 nitrogen and oxygen atoms in total. The Labute approximate surface area is 148 Å². The summed E-state index contributed by atoms with van der Waals surface area (Å²) in [6.45, 7) is 2.35. The van der Waals surface area contributed by atoms with E-state index in [1.54, 1.807) is 0 Å². The lowest BCUT2D eigenvalue weighted by Gasteiger charge is -2.07. The number of fused-ring (bicyclic) bond motifs is 1. The largest absolute Gasteiger partial charge is 0.395 e. The van der Waals surface area contributed by atoms with Gasteiger partial charge in [-0.3, -0.25) is 14.2 Å². The summed E-state index contributed by atoms with van der Waals surface area (Å²) in [6, 6.07) is 9.79. The van der Waals surface area contributed by atoms with Gasteiger partial charge in [0.2, 0.25) is 5.91 Å². The number of carbonyl (C=O) groups is 1. The van der Waals surface area contributed by atoms with E-state index in [9.17, 15) is 9.59 Å². The highest BCUT2D eigenvalue weighted by Crippen LogP contribution is 2.35. The fourth-order valence-electron chi connectivity index (χ4n) is 2.75. The van der Waals surface area contributed by atoms with Crippen LogP contribution in [0.3, 0.4) is 0 Å². The first-order chi connectivity index (χ1) is 12.1. The van der Waals surface area contributed by atoms with E-state index >= 15 is 0 Å². The van der Waals surface area contributed by atoms with Gasteiger partial charge in [-0.25, -0.2) is 4.98 Å². The number of nitrogens with one attached hydrogen (secondary N) is 1. The second kappa shape index (κ2) is 7.58. The van der Waals surface area contributed by atoms with E-state index in [1.807, 2.05) is 37.3 Å². The van der Waals surface area contributed by atoms with Crippen molar-refractivity contribution in [3.63, 3.8) is 0 Å². The van der Waals surface area contributed by atoms with Gasteiger partial charge in [0.15, 0.2) is 0 Å². The zero-order chi connectivity index (χ0) is 17.8. The SMILES string of the molecule is Cc1sc2ncn(CCC(=O)NCCO)c(=O)c2c1-c1ccccc1. The van der Waals surface area contributed by atoms with Crippen LogP contribution >= 0.6 is 11.3 Å². The monoisotopic (exact) mass is 357 g/mol. The van der Waals surface area contributed by atoms with Gasteiger partial charge in [-0.15, -0.1) is 11.3 Å². The standard InChI is InChI=1S/C18H19N3O3S/c1-12-15(13-5-3-2-4-6-13)16-17(25-12)20-11-21(18(16)24)9-7-14(23)19-8-10-22/h2-6,11,22H,7-10H2,1H3,(H,19,23). The maximum absolute atomic E-state index is 12.9. The topological polar surface area (TPSA) is 84.2 Å². The number of aryl methyl sites for hydroxylation is 2. The molecule has 0 aliphatic heterocycles. The van der Waals surface area contributed by atoms with Crippen LogP contribution in [0, 0.1) is 6.92 Å². The summed E-state index contributed by atoms with van der Waals surface area (Å²) in [4.78, 5) is 30.8. The van der Waals surface area contributed by atoms with Crippen LogP contribution in [-0.4, -0.2) is 33.7 Å². The lowest BCUT2D eigenvalue weighted by Crippen LogP contribution is -2.29. The number of carbonyl (C=O) groups excluding carboxylic acids is 1. The van der Waals surface area contributed by atoms with Crippen LogP contribution in [0.1, 0.15) is 11.3 Å². The molecule has 0 aliphatic rings. The van der Waals surface area contributed by atoms with Crippen molar-refractivity contribution >= 4 is 27.5 Å². The number of nitrogens with zero attached hydrogens (tertiary/aromatic N) is 2. The zero-order valence-electron chi connectivity index (χ0n) is 13.9. The predicted octanol–water partition coefficient (Wildman–Crippen LogP) is 1.93. The summed E-state index contributed by atoms with van der Waals surface area (Å²) >= 11 is 1.50. The molecule has 0 radical (unpaired) electrons. The van der Waals surface area contributed by atoms with Gasteiger partial charge in [0, 0.05) is 30.0 Å². The number of hydrogen-bond donors (Lipinski definition) is 2. The number of aliphatic hydroxyl groups excluding tert-OH is 1. The average Bonchev–Trinajstić information content (AvgIpc) is 2.97. The molecule has 1 aromatic carbocycles. The first kappa shape index (κ1) is 17.3. The number of amides is 1. The molecular formula is C18H19N3O3S. The summed E-state index contributed by atoms with van der Waals surface area (Å²) in [5, 5.41) is 11.9.